The van der Waals surface area contributed by atoms with E-state index in [9.17, 15) is 4.79 Å². The highest BCUT2D eigenvalue weighted by Gasteiger charge is 2.18. The SMILES string of the molecule is COc1ccc(CC(=O)N2CCCC2)cc1OCCc1ccccc1. The van der Waals surface area contributed by atoms with Crippen LogP contribution in [0.25, 0.3) is 0 Å². The normalized spacial score (nSPS) is 13.7. The van der Waals surface area contributed by atoms with E-state index < -0.39 is 0 Å². The first-order valence-corrected chi connectivity index (χ1v) is 8.87. The summed E-state index contributed by atoms with van der Waals surface area (Å²) in [7, 11) is 1.63. The van der Waals surface area contributed by atoms with Gasteiger partial charge in [0.05, 0.1) is 20.1 Å². The summed E-state index contributed by atoms with van der Waals surface area (Å²) < 4.78 is 11.3. The van der Waals surface area contributed by atoms with Crippen molar-refractivity contribution in [2.24, 2.45) is 0 Å². The molecule has 1 aliphatic rings. The number of likely N-dealkylation sites (tertiary alicyclic amines) is 1. The van der Waals surface area contributed by atoms with Gasteiger partial charge in [0.1, 0.15) is 0 Å². The molecule has 0 saturated carbocycles. The minimum absolute atomic E-state index is 0.193. The molecule has 0 aliphatic carbocycles. The molecule has 2 aromatic carbocycles. The maximum atomic E-state index is 12.3. The number of benzene rings is 2. The van der Waals surface area contributed by atoms with E-state index in [0.717, 1.165) is 37.9 Å². The summed E-state index contributed by atoms with van der Waals surface area (Å²) in [5.74, 6) is 1.59. The summed E-state index contributed by atoms with van der Waals surface area (Å²) in [5, 5.41) is 0. The van der Waals surface area contributed by atoms with E-state index in [0.29, 0.717) is 24.5 Å². The van der Waals surface area contributed by atoms with Crippen LogP contribution in [-0.4, -0.2) is 37.6 Å². The average Bonchev–Trinajstić information content (AvgIpc) is 3.18. The first kappa shape index (κ1) is 17.3. The number of carbonyl (C=O) groups excluding carboxylic acids is 1. The lowest BCUT2D eigenvalue weighted by atomic mass is 10.1. The fourth-order valence-electron chi connectivity index (χ4n) is 3.12. The van der Waals surface area contributed by atoms with Crippen molar-refractivity contribution in [3.63, 3.8) is 0 Å². The van der Waals surface area contributed by atoms with Crippen molar-refractivity contribution in [1.29, 1.82) is 0 Å². The van der Waals surface area contributed by atoms with Gasteiger partial charge in [-0.15, -0.1) is 0 Å². The maximum absolute atomic E-state index is 12.3. The van der Waals surface area contributed by atoms with E-state index in [1.165, 1.54) is 5.56 Å². The van der Waals surface area contributed by atoms with Crippen LogP contribution in [0.5, 0.6) is 11.5 Å². The molecule has 0 spiro atoms. The largest absolute Gasteiger partial charge is 0.493 e. The van der Waals surface area contributed by atoms with Gasteiger partial charge in [-0.25, -0.2) is 0 Å². The lowest BCUT2D eigenvalue weighted by Gasteiger charge is -2.16. The summed E-state index contributed by atoms with van der Waals surface area (Å²) >= 11 is 0. The summed E-state index contributed by atoms with van der Waals surface area (Å²) in [6, 6.07) is 16.0. The molecule has 1 amide bonds. The zero-order chi connectivity index (χ0) is 17.5. The number of nitrogens with zero attached hydrogens (tertiary/aromatic N) is 1. The molecule has 0 unspecified atom stereocenters. The average molecular weight is 339 g/mol. The van der Waals surface area contributed by atoms with Crippen LogP contribution < -0.4 is 9.47 Å². The first-order chi connectivity index (χ1) is 12.3. The lowest BCUT2D eigenvalue weighted by molar-refractivity contribution is -0.129. The van der Waals surface area contributed by atoms with Crippen LogP contribution in [0, 0.1) is 0 Å². The number of ether oxygens (including phenoxy) is 2. The second-order valence-corrected chi connectivity index (χ2v) is 6.33. The molecule has 132 valence electrons. The highest BCUT2D eigenvalue weighted by molar-refractivity contribution is 5.79. The molecule has 3 rings (SSSR count). The third-order valence-corrected chi connectivity index (χ3v) is 4.53. The van der Waals surface area contributed by atoms with Crippen LogP contribution in [0.1, 0.15) is 24.0 Å². The van der Waals surface area contributed by atoms with Crippen LogP contribution in [-0.2, 0) is 17.6 Å². The van der Waals surface area contributed by atoms with E-state index in [2.05, 4.69) is 12.1 Å². The standard InChI is InChI=1S/C21H25NO3/c1-24-19-10-9-18(16-21(23)22-12-5-6-13-22)15-20(19)25-14-11-17-7-3-2-4-8-17/h2-4,7-10,15H,5-6,11-14,16H2,1H3. The number of methoxy groups -OCH3 is 1. The van der Waals surface area contributed by atoms with E-state index in [1.807, 2.05) is 41.3 Å². The lowest BCUT2D eigenvalue weighted by Crippen LogP contribution is -2.29. The smallest absolute Gasteiger partial charge is 0.226 e. The minimum Gasteiger partial charge on any atom is -0.493 e. The molecule has 4 heteroatoms. The number of carbonyl (C=O) groups is 1. The highest BCUT2D eigenvalue weighted by Crippen LogP contribution is 2.28. The van der Waals surface area contributed by atoms with Crippen molar-refractivity contribution in [2.45, 2.75) is 25.7 Å². The molecule has 0 N–H and O–H groups in total. The van der Waals surface area contributed by atoms with Crippen LogP contribution in [0.4, 0.5) is 0 Å². The van der Waals surface area contributed by atoms with Gasteiger partial charge < -0.3 is 14.4 Å². The Bertz CT molecular complexity index is 694. The van der Waals surface area contributed by atoms with Gasteiger partial charge in [-0.05, 0) is 36.1 Å². The molecular weight excluding hydrogens is 314 g/mol. The van der Waals surface area contributed by atoms with Gasteiger partial charge in [-0.3, -0.25) is 4.79 Å². The Morgan fingerprint density at radius 3 is 2.48 bits per heavy atom. The van der Waals surface area contributed by atoms with E-state index >= 15 is 0 Å². The molecule has 1 saturated heterocycles. The number of hydrogen-bond donors (Lipinski definition) is 0. The fraction of sp³-hybridized carbons (Fsp3) is 0.381. The molecule has 1 fully saturated rings. The summed E-state index contributed by atoms with van der Waals surface area (Å²) in [6.07, 6.45) is 3.48. The molecule has 0 aromatic heterocycles. The fourth-order valence-corrected chi connectivity index (χ4v) is 3.12. The number of amides is 1. The Morgan fingerprint density at radius 1 is 1.00 bits per heavy atom. The van der Waals surface area contributed by atoms with Gasteiger partial charge in [0.25, 0.3) is 0 Å². The maximum Gasteiger partial charge on any atom is 0.226 e. The Balaban J connectivity index is 1.62. The van der Waals surface area contributed by atoms with E-state index in [-0.39, 0.29) is 5.91 Å². The van der Waals surface area contributed by atoms with Crippen molar-refractivity contribution in [1.82, 2.24) is 4.90 Å². The molecular formula is C21H25NO3. The number of rotatable bonds is 7. The molecule has 0 atom stereocenters. The van der Waals surface area contributed by atoms with Gasteiger partial charge >= 0.3 is 0 Å². The van der Waals surface area contributed by atoms with E-state index in [4.69, 9.17) is 9.47 Å². The van der Waals surface area contributed by atoms with Crippen molar-refractivity contribution < 1.29 is 14.3 Å². The quantitative estimate of drug-likeness (QED) is 0.775. The van der Waals surface area contributed by atoms with Crippen LogP contribution in [0.3, 0.4) is 0 Å². The van der Waals surface area contributed by atoms with Crippen LogP contribution in [0.15, 0.2) is 48.5 Å². The minimum atomic E-state index is 0.193. The van der Waals surface area contributed by atoms with Gasteiger partial charge in [0.2, 0.25) is 5.91 Å². The van der Waals surface area contributed by atoms with Crippen LogP contribution >= 0.6 is 0 Å². The molecule has 4 nitrogen and oxygen atoms in total. The Morgan fingerprint density at radius 2 is 1.76 bits per heavy atom. The zero-order valence-corrected chi connectivity index (χ0v) is 14.7. The first-order valence-electron chi connectivity index (χ1n) is 8.87. The Kier molecular flexibility index (Phi) is 5.94. The third-order valence-electron chi connectivity index (χ3n) is 4.53. The van der Waals surface area contributed by atoms with Crippen LogP contribution in [0.2, 0.25) is 0 Å². The second kappa shape index (κ2) is 8.56. The predicted octanol–water partition coefficient (Wildman–Crippen LogP) is 3.48. The second-order valence-electron chi connectivity index (χ2n) is 6.33. The number of hydrogen-bond acceptors (Lipinski definition) is 3. The van der Waals surface area contributed by atoms with Crippen molar-refractivity contribution in [3.05, 3.63) is 59.7 Å². The zero-order valence-electron chi connectivity index (χ0n) is 14.7. The molecule has 1 aliphatic heterocycles. The third kappa shape index (κ3) is 4.75. The van der Waals surface area contributed by atoms with Crippen molar-refractivity contribution >= 4 is 5.91 Å². The predicted molar refractivity (Wildman–Crippen MR) is 98.2 cm³/mol. The van der Waals surface area contributed by atoms with E-state index in [1.54, 1.807) is 7.11 Å². The molecule has 25 heavy (non-hydrogen) atoms. The Labute approximate surface area is 149 Å². The van der Waals surface area contributed by atoms with Crippen molar-refractivity contribution in [3.8, 4) is 11.5 Å². The molecule has 1 heterocycles. The summed E-state index contributed by atoms with van der Waals surface area (Å²) in [4.78, 5) is 14.3. The van der Waals surface area contributed by atoms with Gasteiger partial charge in [0, 0.05) is 19.5 Å². The topological polar surface area (TPSA) is 38.8 Å². The van der Waals surface area contributed by atoms with Crippen molar-refractivity contribution in [2.75, 3.05) is 26.8 Å². The summed E-state index contributed by atoms with van der Waals surface area (Å²) in [6.45, 7) is 2.34. The summed E-state index contributed by atoms with van der Waals surface area (Å²) in [5.41, 5.74) is 2.20. The Hall–Kier alpha value is -2.49. The molecule has 0 radical (unpaired) electrons. The van der Waals surface area contributed by atoms with Gasteiger partial charge in [0.15, 0.2) is 11.5 Å². The molecule has 0 bridgehead atoms. The monoisotopic (exact) mass is 339 g/mol. The van der Waals surface area contributed by atoms with Gasteiger partial charge in [-0.2, -0.15) is 0 Å². The molecule has 2 aromatic rings. The van der Waals surface area contributed by atoms with Gasteiger partial charge in [-0.1, -0.05) is 36.4 Å². The highest BCUT2D eigenvalue weighted by atomic mass is 16.5.